The van der Waals surface area contributed by atoms with E-state index >= 15 is 0 Å². The van der Waals surface area contributed by atoms with Crippen molar-refractivity contribution in [3.8, 4) is 0 Å². The summed E-state index contributed by atoms with van der Waals surface area (Å²) in [5.41, 5.74) is 0.556. The lowest BCUT2D eigenvalue weighted by atomic mass is 10.2. The highest BCUT2D eigenvalue weighted by Crippen LogP contribution is 2.28. The van der Waals surface area contributed by atoms with Crippen molar-refractivity contribution in [3.63, 3.8) is 0 Å². The number of ether oxygens (including phenoxy) is 1. The Morgan fingerprint density at radius 3 is 3.17 bits per heavy atom. The van der Waals surface area contributed by atoms with Gasteiger partial charge in [0, 0.05) is 6.42 Å². The number of aliphatic hydroxyl groups excluding tert-OH is 2. The zero-order valence-electron chi connectivity index (χ0n) is 9.35. The SMILES string of the molecule is O=c1[nH]c2cncnc2n1[C@H]1C[C@@H](O)C(CO)O1. The van der Waals surface area contributed by atoms with E-state index in [1.807, 2.05) is 0 Å². The fourth-order valence-corrected chi connectivity index (χ4v) is 2.18. The van der Waals surface area contributed by atoms with Crippen molar-refractivity contribution in [2.45, 2.75) is 24.9 Å². The minimum Gasteiger partial charge on any atom is -0.394 e. The van der Waals surface area contributed by atoms with Crippen LogP contribution in [-0.4, -0.2) is 48.5 Å². The van der Waals surface area contributed by atoms with Crippen molar-refractivity contribution < 1.29 is 14.9 Å². The van der Waals surface area contributed by atoms with Gasteiger partial charge in [-0.1, -0.05) is 0 Å². The predicted octanol–water partition coefficient (Wildman–Crippen LogP) is -1.24. The molecule has 1 saturated heterocycles. The summed E-state index contributed by atoms with van der Waals surface area (Å²) < 4.78 is 6.77. The average molecular weight is 252 g/mol. The number of hydrogen-bond donors (Lipinski definition) is 3. The van der Waals surface area contributed by atoms with Gasteiger partial charge in [-0.2, -0.15) is 0 Å². The maximum absolute atomic E-state index is 11.8. The van der Waals surface area contributed by atoms with Crippen LogP contribution in [0.25, 0.3) is 11.2 Å². The molecule has 0 aliphatic carbocycles. The third kappa shape index (κ3) is 1.62. The van der Waals surface area contributed by atoms with Crippen LogP contribution in [0.5, 0.6) is 0 Å². The van der Waals surface area contributed by atoms with E-state index in [0.29, 0.717) is 11.2 Å². The van der Waals surface area contributed by atoms with E-state index in [-0.39, 0.29) is 18.7 Å². The number of rotatable bonds is 2. The average Bonchev–Trinajstić information content (AvgIpc) is 2.88. The summed E-state index contributed by atoms with van der Waals surface area (Å²) in [5, 5.41) is 18.7. The van der Waals surface area contributed by atoms with Gasteiger partial charge in [0.2, 0.25) is 0 Å². The van der Waals surface area contributed by atoms with E-state index in [0.717, 1.165) is 0 Å². The number of hydrogen-bond acceptors (Lipinski definition) is 6. The molecule has 1 fully saturated rings. The van der Waals surface area contributed by atoms with Crippen LogP contribution in [0.1, 0.15) is 12.6 Å². The molecule has 1 aliphatic heterocycles. The second-order valence-electron chi connectivity index (χ2n) is 4.17. The van der Waals surface area contributed by atoms with Gasteiger partial charge in [-0.3, -0.25) is 0 Å². The van der Waals surface area contributed by atoms with E-state index in [4.69, 9.17) is 9.84 Å². The molecule has 3 atom stereocenters. The Hall–Kier alpha value is -1.77. The monoisotopic (exact) mass is 252 g/mol. The molecule has 2 aromatic heterocycles. The van der Waals surface area contributed by atoms with Gasteiger partial charge in [0.25, 0.3) is 0 Å². The molecular weight excluding hydrogens is 240 g/mol. The van der Waals surface area contributed by atoms with Gasteiger partial charge in [-0.25, -0.2) is 19.3 Å². The molecule has 18 heavy (non-hydrogen) atoms. The quantitative estimate of drug-likeness (QED) is 0.616. The van der Waals surface area contributed by atoms with Gasteiger partial charge in [0.1, 0.15) is 24.2 Å². The Morgan fingerprint density at radius 2 is 2.44 bits per heavy atom. The van der Waals surface area contributed by atoms with Crippen LogP contribution in [0.2, 0.25) is 0 Å². The molecule has 3 rings (SSSR count). The smallest absolute Gasteiger partial charge is 0.329 e. The first-order valence-electron chi connectivity index (χ1n) is 5.55. The molecule has 0 bridgehead atoms. The number of nitrogens with zero attached hydrogens (tertiary/aromatic N) is 3. The Balaban J connectivity index is 2.05. The summed E-state index contributed by atoms with van der Waals surface area (Å²) in [6, 6.07) is 0. The van der Waals surface area contributed by atoms with E-state index in [1.165, 1.54) is 17.1 Å². The number of nitrogens with one attached hydrogen (secondary N) is 1. The molecule has 0 amide bonds. The van der Waals surface area contributed by atoms with Gasteiger partial charge in [0.05, 0.1) is 18.9 Å². The van der Waals surface area contributed by atoms with Crippen molar-refractivity contribution in [1.82, 2.24) is 19.5 Å². The Kier molecular flexibility index (Phi) is 2.62. The van der Waals surface area contributed by atoms with Crippen molar-refractivity contribution in [2.75, 3.05) is 6.61 Å². The lowest BCUT2D eigenvalue weighted by Gasteiger charge is -2.12. The zero-order valence-corrected chi connectivity index (χ0v) is 9.35. The highest BCUT2D eigenvalue weighted by molar-refractivity contribution is 5.68. The largest absolute Gasteiger partial charge is 0.394 e. The third-order valence-electron chi connectivity index (χ3n) is 3.05. The summed E-state index contributed by atoms with van der Waals surface area (Å²) >= 11 is 0. The van der Waals surface area contributed by atoms with Gasteiger partial charge in [-0.05, 0) is 0 Å². The molecule has 8 nitrogen and oxygen atoms in total. The molecule has 0 radical (unpaired) electrons. The summed E-state index contributed by atoms with van der Waals surface area (Å²) in [7, 11) is 0. The van der Waals surface area contributed by atoms with Gasteiger partial charge < -0.3 is 19.9 Å². The second-order valence-corrected chi connectivity index (χ2v) is 4.17. The number of aromatic nitrogens is 4. The van der Waals surface area contributed by atoms with Crippen molar-refractivity contribution in [2.24, 2.45) is 0 Å². The van der Waals surface area contributed by atoms with Crippen molar-refractivity contribution >= 4 is 11.2 Å². The highest BCUT2D eigenvalue weighted by atomic mass is 16.5. The number of fused-ring (bicyclic) bond motifs is 1. The Bertz CT molecular complexity index is 622. The van der Waals surface area contributed by atoms with Gasteiger partial charge >= 0.3 is 5.69 Å². The second kappa shape index (κ2) is 4.16. The van der Waals surface area contributed by atoms with Crippen LogP contribution in [0.3, 0.4) is 0 Å². The molecule has 1 unspecified atom stereocenters. The van der Waals surface area contributed by atoms with Crippen LogP contribution in [0.15, 0.2) is 17.3 Å². The maximum Gasteiger partial charge on any atom is 0.329 e. The zero-order chi connectivity index (χ0) is 12.7. The van der Waals surface area contributed by atoms with Crippen molar-refractivity contribution in [1.29, 1.82) is 0 Å². The van der Waals surface area contributed by atoms with E-state index in [9.17, 15) is 9.90 Å². The molecule has 96 valence electrons. The van der Waals surface area contributed by atoms with Gasteiger partial charge in [-0.15, -0.1) is 0 Å². The summed E-state index contributed by atoms with van der Waals surface area (Å²) in [6.45, 7) is -0.288. The maximum atomic E-state index is 11.8. The normalized spacial score (nSPS) is 28.0. The van der Waals surface area contributed by atoms with Crippen LogP contribution in [0.4, 0.5) is 0 Å². The molecule has 3 N–H and O–H groups in total. The Morgan fingerprint density at radius 1 is 1.61 bits per heavy atom. The highest BCUT2D eigenvalue weighted by Gasteiger charge is 2.36. The van der Waals surface area contributed by atoms with Crippen LogP contribution >= 0.6 is 0 Å². The van der Waals surface area contributed by atoms with Crippen LogP contribution in [-0.2, 0) is 4.74 Å². The number of imidazole rings is 1. The first-order valence-corrected chi connectivity index (χ1v) is 5.55. The molecule has 1 aliphatic rings. The third-order valence-corrected chi connectivity index (χ3v) is 3.05. The molecule has 0 saturated carbocycles. The minimum atomic E-state index is -0.793. The molecular formula is C10H12N4O4. The first kappa shape index (κ1) is 11.3. The van der Waals surface area contributed by atoms with Crippen molar-refractivity contribution in [3.05, 3.63) is 23.0 Å². The standard InChI is InChI=1S/C10H12N4O4/c15-3-7-6(16)1-8(18-7)14-9-5(13-10(14)17)2-11-4-12-9/h2,4,6-8,15-16H,1,3H2,(H,13,17)/t6-,7?,8-/m1/s1. The Labute approximate surface area is 101 Å². The fraction of sp³-hybridized carbons (Fsp3) is 0.500. The number of aromatic amines is 1. The lowest BCUT2D eigenvalue weighted by molar-refractivity contribution is -0.0441. The number of H-pyrrole nitrogens is 1. The fourth-order valence-electron chi connectivity index (χ4n) is 2.18. The molecule has 0 spiro atoms. The van der Waals surface area contributed by atoms with Crippen LogP contribution in [0, 0.1) is 0 Å². The first-order chi connectivity index (χ1) is 8.70. The van der Waals surface area contributed by atoms with E-state index in [1.54, 1.807) is 0 Å². The molecule has 8 heteroatoms. The molecule has 2 aromatic rings. The summed E-state index contributed by atoms with van der Waals surface area (Å²) in [5.74, 6) is 0. The topological polar surface area (TPSA) is 113 Å². The van der Waals surface area contributed by atoms with E-state index in [2.05, 4.69) is 15.0 Å². The lowest BCUT2D eigenvalue weighted by Crippen LogP contribution is -2.25. The molecule has 0 aromatic carbocycles. The van der Waals surface area contributed by atoms with Gasteiger partial charge in [0.15, 0.2) is 5.65 Å². The molecule has 3 heterocycles. The summed E-state index contributed by atoms with van der Waals surface area (Å²) in [6.07, 6.45) is 0.971. The van der Waals surface area contributed by atoms with Crippen LogP contribution < -0.4 is 5.69 Å². The number of aliphatic hydroxyl groups is 2. The summed E-state index contributed by atoms with van der Waals surface area (Å²) in [4.78, 5) is 22.3. The van der Waals surface area contributed by atoms with E-state index < -0.39 is 18.4 Å². The minimum absolute atomic E-state index is 0.238. The predicted molar refractivity (Wildman–Crippen MR) is 59.8 cm³/mol.